The molecule has 1 atom stereocenters. The van der Waals surface area contributed by atoms with Crippen LogP contribution in [0.15, 0.2) is 53.4 Å². The van der Waals surface area contributed by atoms with Crippen molar-refractivity contribution in [2.45, 2.75) is 31.2 Å². The second-order valence-corrected chi connectivity index (χ2v) is 9.19. The smallest absolute Gasteiger partial charge is 0.255 e. The lowest BCUT2D eigenvalue weighted by Crippen LogP contribution is -2.33. The van der Waals surface area contributed by atoms with Crippen LogP contribution in [0, 0.1) is 5.92 Å². The van der Waals surface area contributed by atoms with Crippen LogP contribution in [0.25, 0.3) is 0 Å². The zero-order valence-electron chi connectivity index (χ0n) is 17.2. The number of sulfonamides is 1. The van der Waals surface area contributed by atoms with Gasteiger partial charge in [0.1, 0.15) is 0 Å². The minimum atomic E-state index is -3.80. The van der Waals surface area contributed by atoms with Crippen LogP contribution in [0.2, 0.25) is 0 Å². The van der Waals surface area contributed by atoms with Gasteiger partial charge in [0.05, 0.1) is 10.8 Å². The number of anilines is 2. The molecule has 0 aromatic heterocycles. The summed E-state index contributed by atoms with van der Waals surface area (Å²) in [5, 5.41) is 10.5. The van der Waals surface area contributed by atoms with Gasteiger partial charge in [0, 0.05) is 35.9 Å². The zero-order valence-corrected chi connectivity index (χ0v) is 18.0. The Kier molecular flexibility index (Phi) is 6.42. The number of primary sulfonamides is 1. The van der Waals surface area contributed by atoms with E-state index in [9.17, 15) is 22.8 Å². The first-order valence-corrected chi connectivity index (χ1v) is 11.2. The molecule has 0 radical (unpaired) electrons. The number of likely N-dealkylation sites (tertiary alicyclic amines) is 1. The zero-order chi connectivity index (χ0) is 22.8. The maximum Gasteiger partial charge on any atom is 0.255 e. The molecule has 2 aromatic carbocycles. The third kappa shape index (κ3) is 5.47. The predicted octanol–water partition coefficient (Wildman–Crippen LogP) is 1.78. The van der Waals surface area contributed by atoms with E-state index in [2.05, 4.69) is 10.6 Å². The van der Waals surface area contributed by atoms with Gasteiger partial charge < -0.3 is 15.5 Å². The van der Waals surface area contributed by atoms with E-state index in [1.54, 1.807) is 29.2 Å². The molecular weight excluding hydrogens is 420 g/mol. The van der Waals surface area contributed by atoms with Gasteiger partial charge in [-0.05, 0) is 62.4 Å². The number of nitrogens with zero attached hydrogens (tertiary/aromatic N) is 1. The minimum absolute atomic E-state index is 0.0285. The lowest BCUT2D eigenvalue weighted by atomic mass is 10.1. The molecule has 3 rings (SSSR count). The lowest BCUT2D eigenvalue weighted by Gasteiger charge is -2.20. The molecule has 164 valence electrons. The van der Waals surface area contributed by atoms with Gasteiger partial charge >= 0.3 is 0 Å². The van der Waals surface area contributed by atoms with Crippen LogP contribution >= 0.6 is 0 Å². The number of nitrogens with one attached hydrogen (secondary N) is 2. The van der Waals surface area contributed by atoms with E-state index in [0.29, 0.717) is 23.5 Å². The van der Waals surface area contributed by atoms with Gasteiger partial charge in [0.25, 0.3) is 5.91 Å². The first-order valence-electron chi connectivity index (χ1n) is 9.69. The highest BCUT2D eigenvalue weighted by Crippen LogP contribution is 2.22. The molecule has 1 aliphatic rings. The summed E-state index contributed by atoms with van der Waals surface area (Å²) in [4.78, 5) is 38.5. The lowest BCUT2D eigenvalue weighted by molar-refractivity contribution is -0.129. The molecule has 2 aromatic rings. The number of carbonyl (C=O) groups is 3. The fourth-order valence-corrected chi connectivity index (χ4v) is 3.80. The van der Waals surface area contributed by atoms with Crippen molar-refractivity contribution in [1.29, 1.82) is 0 Å². The standard InChI is InChI=1S/C21H24N4O5S/c1-13(2)25-12-15(11-19(25)26)21(28)24-16-5-3-14(4-6-16)20(27)23-17-7-9-18(10-8-17)31(22,29)30/h3-10,13,15H,11-12H2,1-2H3,(H,23,27)(H,24,28)(H2,22,29,30). The fourth-order valence-electron chi connectivity index (χ4n) is 3.29. The van der Waals surface area contributed by atoms with Gasteiger partial charge in [0.2, 0.25) is 21.8 Å². The van der Waals surface area contributed by atoms with Gasteiger partial charge in [0.15, 0.2) is 0 Å². The molecule has 1 fully saturated rings. The van der Waals surface area contributed by atoms with E-state index < -0.39 is 21.8 Å². The normalized spacial score (nSPS) is 16.5. The summed E-state index contributed by atoms with van der Waals surface area (Å²) in [6.45, 7) is 4.22. The van der Waals surface area contributed by atoms with Crippen LogP contribution in [-0.4, -0.2) is 43.6 Å². The number of hydrogen-bond donors (Lipinski definition) is 3. The summed E-state index contributed by atoms with van der Waals surface area (Å²) >= 11 is 0. The molecule has 10 heteroatoms. The number of carbonyl (C=O) groups excluding carboxylic acids is 3. The molecule has 1 aliphatic heterocycles. The van der Waals surface area contributed by atoms with Crippen LogP contribution < -0.4 is 15.8 Å². The fraction of sp³-hybridized carbons (Fsp3) is 0.286. The number of benzene rings is 2. The molecule has 4 N–H and O–H groups in total. The highest BCUT2D eigenvalue weighted by atomic mass is 32.2. The Hall–Kier alpha value is -3.24. The van der Waals surface area contributed by atoms with E-state index in [1.807, 2.05) is 13.8 Å². The summed E-state index contributed by atoms with van der Waals surface area (Å²) in [5.74, 6) is -1.06. The average molecular weight is 445 g/mol. The minimum Gasteiger partial charge on any atom is -0.339 e. The summed E-state index contributed by atoms with van der Waals surface area (Å²) in [5.41, 5.74) is 1.29. The Morgan fingerprint density at radius 2 is 1.55 bits per heavy atom. The third-order valence-corrected chi connectivity index (χ3v) is 5.94. The molecule has 31 heavy (non-hydrogen) atoms. The van der Waals surface area contributed by atoms with Gasteiger partial charge in [-0.1, -0.05) is 0 Å². The second kappa shape index (κ2) is 8.86. The molecule has 0 aliphatic carbocycles. The topological polar surface area (TPSA) is 139 Å². The molecule has 0 bridgehead atoms. The van der Waals surface area contributed by atoms with Gasteiger partial charge in [-0.2, -0.15) is 0 Å². The first kappa shape index (κ1) is 22.4. The van der Waals surface area contributed by atoms with Crippen LogP contribution in [0.4, 0.5) is 11.4 Å². The second-order valence-electron chi connectivity index (χ2n) is 7.63. The molecule has 1 saturated heterocycles. The Labute approximate surface area is 180 Å². The SMILES string of the molecule is CC(C)N1CC(C(=O)Nc2ccc(C(=O)Nc3ccc(S(N)(=O)=O)cc3)cc2)CC1=O. The maximum atomic E-state index is 12.5. The number of rotatable bonds is 6. The van der Waals surface area contributed by atoms with Crippen molar-refractivity contribution in [3.05, 3.63) is 54.1 Å². The summed E-state index contributed by atoms with van der Waals surface area (Å²) in [6.07, 6.45) is 0.189. The van der Waals surface area contributed by atoms with Gasteiger partial charge in [-0.15, -0.1) is 0 Å². The largest absolute Gasteiger partial charge is 0.339 e. The maximum absolute atomic E-state index is 12.5. The van der Waals surface area contributed by atoms with Crippen molar-refractivity contribution < 1.29 is 22.8 Å². The Morgan fingerprint density at radius 3 is 2.06 bits per heavy atom. The van der Waals surface area contributed by atoms with E-state index >= 15 is 0 Å². The molecule has 1 unspecified atom stereocenters. The average Bonchev–Trinajstić information content (AvgIpc) is 3.10. The monoisotopic (exact) mass is 444 g/mol. The Morgan fingerprint density at radius 1 is 1.00 bits per heavy atom. The van der Waals surface area contributed by atoms with E-state index in [0.717, 1.165) is 0 Å². The van der Waals surface area contributed by atoms with Crippen molar-refractivity contribution in [1.82, 2.24) is 4.90 Å². The summed E-state index contributed by atoms with van der Waals surface area (Å²) < 4.78 is 22.6. The molecule has 0 saturated carbocycles. The van der Waals surface area contributed by atoms with E-state index in [1.165, 1.54) is 24.3 Å². The Bertz CT molecular complexity index is 1100. The van der Waals surface area contributed by atoms with Crippen LogP contribution in [0.3, 0.4) is 0 Å². The van der Waals surface area contributed by atoms with E-state index in [4.69, 9.17) is 5.14 Å². The van der Waals surface area contributed by atoms with Crippen molar-refractivity contribution in [2.75, 3.05) is 17.2 Å². The number of amides is 3. The van der Waals surface area contributed by atoms with E-state index in [-0.39, 0.29) is 29.2 Å². The highest BCUT2D eigenvalue weighted by Gasteiger charge is 2.35. The molecule has 9 nitrogen and oxygen atoms in total. The number of hydrogen-bond acceptors (Lipinski definition) is 5. The molecule has 0 spiro atoms. The molecule has 1 heterocycles. The van der Waals surface area contributed by atoms with Crippen LogP contribution in [-0.2, 0) is 19.6 Å². The van der Waals surface area contributed by atoms with Crippen molar-refractivity contribution in [3.63, 3.8) is 0 Å². The van der Waals surface area contributed by atoms with Crippen LogP contribution in [0.5, 0.6) is 0 Å². The third-order valence-electron chi connectivity index (χ3n) is 5.01. The van der Waals surface area contributed by atoms with Crippen molar-refractivity contribution >= 4 is 39.1 Å². The summed E-state index contributed by atoms with van der Waals surface area (Å²) in [7, 11) is -3.80. The first-order chi connectivity index (χ1) is 14.5. The summed E-state index contributed by atoms with van der Waals surface area (Å²) in [6, 6.07) is 11.9. The quantitative estimate of drug-likeness (QED) is 0.623. The van der Waals surface area contributed by atoms with Gasteiger partial charge in [-0.3, -0.25) is 14.4 Å². The molecule has 3 amide bonds. The Balaban J connectivity index is 1.59. The van der Waals surface area contributed by atoms with Crippen molar-refractivity contribution in [3.8, 4) is 0 Å². The van der Waals surface area contributed by atoms with Crippen LogP contribution in [0.1, 0.15) is 30.6 Å². The predicted molar refractivity (Wildman–Crippen MR) is 116 cm³/mol. The number of nitrogens with two attached hydrogens (primary N) is 1. The van der Waals surface area contributed by atoms with Gasteiger partial charge in [-0.25, -0.2) is 13.6 Å². The highest BCUT2D eigenvalue weighted by molar-refractivity contribution is 7.89. The van der Waals surface area contributed by atoms with Crippen molar-refractivity contribution in [2.24, 2.45) is 11.1 Å². The molecular formula is C21H24N4O5S.